The number of thiazole rings is 1. The van der Waals surface area contributed by atoms with Crippen LogP contribution in [0.25, 0.3) is 0 Å². The molecule has 0 aliphatic carbocycles. The zero-order valence-corrected chi connectivity index (χ0v) is 9.82. The number of hydrogen-bond donors (Lipinski definition) is 0. The molecule has 0 aromatic carbocycles. The summed E-state index contributed by atoms with van der Waals surface area (Å²) < 4.78 is 6.25. The summed E-state index contributed by atoms with van der Waals surface area (Å²) in [4.78, 5) is 7.95. The molecular formula is C8H11BrN2OS. The van der Waals surface area contributed by atoms with E-state index in [4.69, 9.17) is 4.74 Å². The van der Waals surface area contributed by atoms with Crippen molar-refractivity contribution in [1.29, 1.82) is 0 Å². The molecule has 0 amide bonds. The van der Waals surface area contributed by atoms with E-state index in [9.17, 15) is 0 Å². The first-order valence-electron chi connectivity index (χ1n) is 4.23. The fourth-order valence-corrected chi connectivity index (χ4v) is 2.63. The number of morpholine rings is 1. The highest BCUT2D eigenvalue weighted by Gasteiger charge is 2.15. The second kappa shape index (κ2) is 3.94. The van der Waals surface area contributed by atoms with Crippen molar-refractivity contribution in [2.45, 2.75) is 6.92 Å². The van der Waals surface area contributed by atoms with Crippen molar-refractivity contribution < 1.29 is 4.74 Å². The van der Waals surface area contributed by atoms with Crippen molar-refractivity contribution >= 4 is 32.4 Å². The number of rotatable bonds is 1. The molecule has 2 heterocycles. The molecule has 0 bridgehead atoms. The highest BCUT2D eigenvalue weighted by molar-refractivity contribution is 9.10. The van der Waals surface area contributed by atoms with Gasteiger partial charge in [-0.2, -0.15) is 0 Å². The van der Waals surface area contributed by atoms with Crippen LogP contribution in [-0.2, 0) is 4.74 Å². The largest absolute Gasteiger partial charge is 0.378 e. The Morgan fingerprint density at radius 1 is 1.46 bits per heavy atom. The van der Waals surface area contributed by atoms with E-state index in [-0.39, 0.29) is 0 Å². The molecule has 0 spiro atoms. The van der Waals surface area contributed by atoms with E-state index in [1.54, 1.807) is 11.3 Å². The van der Waals surface area contributed by atoms with Gasteiger partial charge in [0.15, 0.2) is 5.13 Å². The van der Waals surface area contributed by atoms with Crippen LogP contribution in [0.4, 0.5) is 5.13 Å². The molecule has 2 rings (SSSR count). The van der Waals surface area contributed by atoms with Crippen molar-refractivity contribution in [2.24, 2.45) is 0 Å². The Bertz CT molecular complexity index is 277. The first kappa shape index (κ1) is 9.43. The summed E-state index contributed by atoms with van der Waals surface area (Å²) >= 11 is 5.16. The van der Waals surface area contributed by atoms with E-state index in [2.05, 4.69) is 32.7 Å². The van der Waals surface area contributed by atoms with Gasteiger partial charge in [0.05, 0.1) is 13.2 Å². The Hall–Kier alpha value is -0.130. The SMILES string of the molecule is Cc1sc(N2CCOCC2)nc1Br. The fraction of sp³-hybridized carbons (Fsp3) is 0.625. The molecule has 0 unspecified atom stereocenters. The van der Waals surface area contributed by atoms with E-state index in [0.29, 0.717) is 0 Å². The third-order valence-electron chi connectivity index (χ3n) is 2.01. The average Bonchev–Trinajstić information content (AvgIpc) is 2.49. The average molecular weight is 263 g/mol. The quantitative estimate of drug-likeness (QED) is 0.775. The highest BCUT2D eigenvalue weighted by Crippen LogP contribution is 2.29. The molecule has 1 aromatic heterocycles. The molecule has 1 aliphatic heterocycles. The Labute approximate surface area is 89.9 Å². The summed E-state index contributed by atoms with van der Waals surface area (Å²) in [5.41, 5.74) is 0. The molecule has 0 atom stereocenters. The molecule has 0 radical (unpaired) electrons. The van der Waals surface area contributed by atoms with E-state index >= 15 is 0 Å². The molecule has 1 aromatic rings. The van der Waals surface area contributed by atoms with Gasteiger partial charge in [0.25, 0.3) is 0 Å². The smallest absolute Gasteiger partial charge is 0.186 e. The van der Waals surface area contributed by atoms with Crippen LogP contribution < -0.4 is 4.90 Å². The van der Waals surface area contributed by atoms with E-state index in [1.807, 2.05) is 0 Å². The molecule has 1 saturated heterocycles. The minimum atomic E-state index is 0.816. The van der Waals surface area contributed by atoms with Crippen LogP contribution in [0.2, 0.25) is 0 Å². The fourth-order valence-electron chi connectivity index (χ4n) is 1.25. The Kier molecular flexibility index (Phi) is 2.86. The van der Waals surface area contributed by atoms with Crippen molar-refractivity contribution in [3.05, 3.63) is 9.48 Å². The van der Waals surface area contributed by atoms with Crippen LogP contribution in [0, 0.1) is 6.92 Å². The maximum Gasteiger partial charge on any atom is 0.186 e. The summed E-state index contributed by atoms with van der Waals surface area (Å²) in [6.45, 7) is 5.62. The summed E-state index contributed by atoms with van der Waals surface area (Å²) in [6, 6.07) is 0. The van der Waals surface area contributed by atoms with Crippen LogP contribution in [0.1, 0.15) is 4.88 Å². The Balaban J connectivity index is 2.14. The molecule has 0 saturated carbocycles. The number of ether oxygens (including phenoxy) is 1. The third-order valence-corrected chi connectivity index (χ3v) is 4.08. The lowest BCUT2D eigenvalue weighted by Gasteiger charge is -2.25. The molecule has 1 aliphatic rings. The van der Waals surface area contributed by atoms with Gasteiger partial charge in [-0.25, -0.2) is 4.98 Å². The first-order valence-corrected chi connectivity index (χ1v) is 5.84. The van der Waals surface area contributed by atoms with E-state index in [1.165, 1.54) is 4.88 Å². The number of aromatic nitrogens is 1. The molecule has 13 heavy (non-hydrogen) atoms. The minimum absolute atomic E-state index is 0.816. The summed E-state index contributed by atoms with van der Waals surface area (Å²) in [7, 11) is 0. The lowest BCUT2D eigenvalue weighted by Crippen LogP contribution is -2.36. The molecular weight excluding hydrogens is 252 g/mol. The zero-order valence-electron chi connectivity index (χ0n) is 7.42. The van der Waals surface area contributed by atoms with E-state index < -0.39 is 0 Å². The predicted molar refractivity (Wildman–Crippen MR) is 57.6 cm³/mol. The number of nitrogens with zero attached hydrogens (tertiary/aromatic N) is 2. The number of aryl methyl sites for hydroxylation is 1. The van der Waals surface area contributed by atoms with Crippen molar-refractivity contribution in [2.75, 3.05) is 31.2 Å². The number of halogens is 1. The summed E-state index contributed by atoms with van der Waals surface area (Å²) in [5, 5.41) is 1.10. The van der Waals surface area contributed by atoms with Crippen molar-refractivity contribution in [3.8, 4) is 0 Å². The Morgan fingerprint density at radius 2 is 2.15 bits per heavy atom. The second-order valence-corrected chi connectivity index (χ2v) is 4.88. The summed E-state index contributed by atoms with van der Waals surface area (Å²) in [6.07, 6.45) is 0. The zero-order chi connectivity index (χ0) is 9.26. The maximum atomic E-state index is 5.28. The van der Waals surface area contributed by atoms with Crippen LogP contribution in [-0.4, -0.2) is 31.3 Å². The molecule has 5 heteroatoms. The lowest BCUT2D eigenvalue weighted by molar-refractivity contribution is 0.122. The first-order chi connectivity index (χ1) is 6.27. The Morgan fingerprint density at radius 3 is 2.69 bits per heavy atom. The van der Waals surface area contributed by atoms with Crippen LogP contribution >= 0.6 is 27.3 Å². The van der Waals surface area contributed by atoms with Crippen LogP contribution in [0.15, 0.2) is 4.60 Å². The van der Waals surface area contributed by atoms with Gasteiger partial charge in [0, 0.05) is 18.0 Å². The standard InChI is InChI=1S/C8H11BrN2OS/c1-6-7(9)10-8(13-6)11-2-4-12-5-3-11/h2-5H2,1H3. The van der Waals surface area contributed by atoms with Gasteiger partial charge in [-0.3, -0.25) is 0 Å². The highest BCUT2D eigenvalue weighted by atomic mass is 79.9. The molecule has 3 nitrogen and oxygen atoms in total. The predicted octanol–water partition coefficient (Wildman–Crippen LogP) is 2.05. The van der Waals surface area contributed by atoms with Gasteiger partial charge < -0.3 is 9.64 Å². The molecule has 1 fully saturated rings. The lowest BCUT2D eigenvalue weighted by atomic mass is 10.5. The van der Waals surface area contributed by atoms with Gasteiger partial charge in [-0.05, 0) is 22.9 Å². The van der Waals surface area contributed by atoms with E-state index in [0.717, 1.165) is 36.0 Å². The summed E-state index contributed by atoms with van der Waals surface area (Å²) in [5.74, 6) is 0. The monoisotopic (exact) mass is 262 g/mol. The maximum absolute atomic E-state index is 5.28. The van der Waals surface area contributed by atoms with Gasteiger partial charge in [-0.15, -0.1) is 11.3 Å². The molecule has 0 N–H and O–H groups in total. The third kappa shape index (κ3) is 2.03. The van der Waals surface area contributed by atoms with Crippen molar-refractivity contribution in [1.82, 2.24) is 4.98 Å². The number of hydrogen-bond acceptors (Lipinski definition) is 4. The molecule has 72 valence electrons. The van der Waals surface area contributed by atoms with Gasteiger partial charge in [0.2, 0.25) is 0 Å². The number of anilines is 1. The van der Waals surface area contributed by atoms with Crippen LogP contribution in [0.5, 0.6) is 0 Å². The van der Waals surface area contributed by atoms with Crippen LogP contribution in [0.3, 0.4) is 0 Å². The van der Waals surface area contributed by atoms with Crippen molar-refractivity contribution in [3.63, 3.8) is 0 Å². The van der Waals surface area contributed by atoms with Gasteiger partial charge in [0.1, 0.15) is 4.60 Å². The second-order valence-electron chi connectivity index (χ2n) is 2.94. The topological polar surface area (TPSA) is 25.4 Å². The minimum Gasteiger partial charge on any atom is -0.378 e. The van der Waals surface area contributed by atoms with Gasteiger partial charge in [-0.1, -0.05) is 0 Å². The van der Waals surface area contributed by atoms with Gasteiger partial charge >= 0.3 is 0 Å². The normalized spacial score (nSPS) is 17.8.